The molecule has 1 fully saturated rings. The van der Waals surface area contributed by atoms with Crippen molar-refractivity contribution in [1.82, 2.24) is 4.90 Å². The molecule has 0 aliphatic carbocycles. The minimum Gasteiger partial charge on any atom is -0.478 e. The average Bonchev–Trinajstić information content (AvgIpc) is 2.90. The largest absolute Gasteiger partial charge is 0.478 e. The highest BCUT2D eigenvalue weighted by atomic mass is 32.2. The van der Waals surface area contributed by atoms with Crippen LogP contribution in [0, 0.1) is 0 Å². The van der Waals surface area contributed by atoms with Gasteiger partial charge in [0.05, 0.1) is 16.2 Å². The van der Waals surface area contributed by atoms with Crippen LogP contribution in [0.4, 0.5) is 5.69 Å². The molecule has 0 bridgehead atoms. The van der Waals surface area contributed by atoms with Crippen LogP contribution >= 0.6 is 11.8 Å². The number of carboxylic acid groups (broad SMARTS) is 1. The minimum atomic E-state index is -0.981. The zero-order valence-corrected chi connectivity index (χ0v) is 16.2. The van der Waals surface area contributed by atoms with Crippen molar-refractivity contribution < 1.29 is 14.7 Å². The third-order valence-electron chi connectivity index (χ3n) is 4.24. The molecular weight excluding hydrogens is 360 g/mol. The maximum atomic E-state index is 12.5. The van der Waals surface area contributed by atoms with E-state index in [0.29, 0.717) is 21.7 Å². The first-order chi connectivity index (χ1) is 12.8. The Balaban J connectivity index is 1.82. The molecule has 0 aromatic heterocycles. The van der Waals surface area contributed by atoms with E-state index < -0.39 is 5.97 Å². The van der Waals surface area contributed by atoms with Crippen LogP contribution in [0.3, 0.4) is 0 Å². The lowest BCUT2D eigenvalue weighted by Crippen LogP contribution is -2.23. The predicted octanol–water partition coefficient (Wildman–Crippen LogP) is 4.74. The van der Waals surface area contributed by atoms with Crippen LogP contribution in [0.15, 0.2) is 58.4 Å². The number of amides is 1. The Kier molecular flexibility index (Phi) is 5.46. The monoisotopic (exact) mass is 380 g/mol. The summed E-state index contributed by atoms with van der Waals surface area (Å²) in [5.74, 6) is -0.620. The fourth-order valence-corrected chi connectivity index (χ4v) is 3.56. The molecule has 1 aliphatic rings. The van der Waals surface area contributed by atoms with Crippen molar-refractivity contribution in [1.29, 1.82) is 0 Å². The zero-order valence-electron chi connectivity index (χ0n) is 15.3. The topological polar surface area (TPSA) is 70.0 Å². The molecule has 3 rings (SSSR count). The lowest BCUT2D eigenvalue weighted by molar-refractivity contribution is -0.121. The van der Waals surface area contributed by atoms with Gasteiger partial charge in [0.2, 0.25) is 0 Å². The van der Waals surface area contributed by atoms with Gasteiger partial charge in [-0.2, -0.15) is 0 Å². The van der Waals surface area contributed by atoms with E-state index >= 15 is 0 Å². The summed E-state index contributed by atoms with van der Waals surface area (Å²) in [6, 6.07) is 14.4. The number of carbonyl (C=O) groups is 2. The standard InChI is InChI=1S/C21H20N2O3S/c1-13(2)15-6-4-14(5-7-15)12-18-19(24)23(3)21(27-18)22-17-10-8-16(9-11-17)20(25)26/h4-13H,1-3H3,(H,25,26). The first-order valence-corrected chi connectivity index (χ1v) is 9.36. The van der Waals surface area contributed by atoms with E-state index in [1.165, 1.54) is 34.4 Å². The average molecular weight is 380 g/mol. The Morgan fingerprint density at radius 2 is 1.74 bits per heavy atom. The minimum absolute atomic E-state index is 0.103. The molecule has 2 aromatic carbocycles. The molecule has 0 atom stereocenters. The van der Waals surface area contributed by atoms with E-state index in [2.05, 4.69) is 31.0 Å². The fourth-order valence-electron chi connectivity index (χ4n) is 2.57. The SMILES string of the molecule is CC(C)c1ccc(C=C2SC(=Nc3ccc(C(=O)O)cc3)N(C)C2=O)cc1. The predicted molar refractivity (Wildman–Crippen MR) is 109 cm³/mol. The Labute approximate surface area is 162 Å². The summed E-state index contributed by atoms with van der Waals surface area (Å²) in [5, 5.41) is 9.52. The molecule has 0 radical (unpaired) electrons. The van der Waals surface area contributed by atoms with Crippen molar-refractivity contribution in [3.05, 3.63) is 70.1 Å². The zero-order chi connectivity index (χ0) is 19.6. The van der Waals surface area contributed by atoms with Crippen molar-refractivity contribution >= 4 is 40.6 Å². The highest BCUT2D eigenvalue weighted by molar-refractivity contribution is 8.18. The van der Waals surface area contributed by atoms with Crippen molar-refractivity contribution in [3.63, 3.8) is 0 Å². The number of benzene rings is 2. The molecule has 138 valence electrons. The fraction of sp³-hybridized carbons (Fsp3) is 0.190. The van der Waals surface area contributed by atoms with Crippen LogP contribution in [0.5, 0.6) is 0 Å². The van der Waals surface area contributed by atoms with Crippen LogP contribution in [0.2, 0.25) is 0 Å². The molecule has 2 aromatic rings. The molecule has 0 unspecified atom stereocenters. The Morgan fingerprint density at radius 1 is 1.11 bits per heavy atom. The second-order valence-electron chi connectivity index (χ2n) is 6.54. The number of aliphatic imine (C=N–C) groups is 1. The van der Waals surface area contributed by atoms with Gasteiger partial charge in [0, 0.05) is 7.05 Å². The summed E-state index contributed by atoms with van der Waals surface area (Å²) < 4.78 is 0. The van der Waals surface area contributed by atoms with Crippen LogP contribution in [0.1, 0.15) is 41.3 Å². The Hall–Kier alpha value is -2.86. The summed E-state index contributed by atoms with van der Waals surface area (Å²) in [4.78, 5) is 30.0. The molecule has 0 saturated carbocycles. The molecule has 1 N–H and O–H groups in total. The van der Waals surface area contributed by atoms with E-state index in [9.17, 15) is 9.59 Å². The normalized spacial score (nSPS) is 17.3. The van der Waals surface area contributed by atoms with Gasteiger partial charge in [-0.3, -0.25) is 9.69 Å². The third-order valence-corrected chi connectivity index (χ3v) is 5.30. The van der Waals surface area contributed by atoms with Gasteiger partial charge in [0.25, 0.3) is 5.91 Å². The molecule has 1 saturated heterocycles. The van der Waals surface area contributed by atoms with Gasteiger partial charge in [-0.05, 0) is 59.1 Å². The van der Waals surface area contributed by atoms with Crippen LogP contribution in [-0.2, 0) is 4.79 Å². The highest BCUT2D eigenvalue weighted by Gasteiger charge is 2.30. The first kappa shape index (κ1) is 18.9. The molecule has 6 heteroatoms. The molecular formula is C21H20N2O3S. The van der Waals surface area contributed by atoms with Crippen molar-refractivity contribution in [2.75, 3.05) is 7.05 Å². The van der Waals surface area contributed by atoms with E-state index in [1.807, 2.05) is 18.2 Å². The van der Waals surface area contributed by atoms with E-state index in [0.717, 1.165) is 5.56 Å². The second-order valence-corrected chi connectivity index (χ2v) is 7.55. The Morgan fingerprint density at radius 3 is 2.30 bits per heavy atom. The number of nitrogens with zero attached hydrogens (tertiary/aromatic N) is 2. The van der Waals surface area contributed by atoms with Gasteiger partial charge in [-0.15, -0.1) is 0 Å². The molecule has 5 nitrogen and oxygen atoms in total. The number of hydrogen-bond donors (Lipinski definition) is 1. The van der Waals surface area contributed by atoms with Crippen molar-refractivity contribution in [2.24, 2.45) is 4.99 Å². The molecule has 27 heavy (non-hydrogen) atoms. The molecule has 1 aliphatic heterocycles. The number of rotatable bonds is 4. The van der Waals surface area contributed by atoms with Gasteiger partial charge in [0.15, 0.2) is 5.17 Å². The lowest BCUT2D eigenvalue weighted by atomic mass is 10.0. The van der Waals surface area contributed by atoms with Crippen LogP contribution in [-0.4, -0.2) is 34.1 Å². The number of amidine groups is 1. The van der Waals surface area contributed by atoms with E-state index in [4.69, 9.17) is 5.11 Å². The van der Waals surface area contributed by atoms with Crippen LogP contribution < -0.4 is 0 Å². The number of aromatic carboxylic acids is 1. The highest BCUT2D eigenvalue weighted by Crippen LogP contribution is 2.33. The quantitative estimate of drug-likeness (QED) is 0.778. The van der Waals surface area contributed by atoms with Gasteiger partial charge in [0.1, 0.15) is 0 Å². The van der Waals surface area contributed by atoms with E-state index in [1.54, 1.807) is 19.2 Å². The van der Waals surface area contributed by atoms with Gasteiger partial charge >= 0.3 is 5.97 Å². The summed E-state index contributed by atoms with van der Waals surface area (Å²) >= 11 is 1.31. The summed E-state index contributed by atoms with van der Waals surface area (Å²) in [6.07, 6.45) is 1.86. The molecule has 0 spiro atoms. The maximum Gasteiger partial charge on any atom is 0.335 e. The Bertz CT molecular complexity index is 929. The van der Waals surface area contributed by atoms with E-state index in [-0.39, 0.29) is 11.5 Å². The summed E-state index contributed by atoms with van der Waals surface area (Å²) in [6.45, 7) is 4.29. The number of hydrogen-bond acceptors (Lipinski definition) is 4. The summed E-state index contributed by atoms with van der Waals surface area (Å²) in [7, 11) is 1.68. The van der Waals surface area contributed by atoms with Crippen LogP contribution in [0.25, 0.3) is 6.08 Å². The molecule has 1 heterocycles. The van der Waals surface area contributed by atoms with Crippen molar-refractivity contribution in [3.8, 4) is 0 Å². The van der Waals surface area contributed by atoms with Gasteiger partial charge in [-0.25, -0.2) is 9.79 Å². The number of thioether (sulfide) groups is 1. The first-order valence-electron chi connectivity index (χ1n) is 8.55. The van der Waals surface area contributed by atoms with Gasteiger partial charge in [-0.1, -0.05) is 38.1 Å². The maximum absolute atomic E-state index is 12.5. The third kappa shape index (κ3) is 4.28. The number of likely N-dealkylation sites (N-methyl/N-ethyl adjacent to an activating group) is 1. The lowest BCUT2D eigenvalue weighted by Gasteiger charge is -2.07. The van der Waals surface area contributed by atoms with Gasteiger partial charge < -0.3 is 5.11 Å². The number of carboxylic acids is 1. The second kappa shape index (κ2) is 7.80. The van der Waals surface area contributed by atoms with Crippen molar-refractivity contribution in [2.45, 2.75) is 19.8 Å². The summed E-state index contributed by atoms with van der Waals surface area (Å²) in [5.41, 5.74) is 3.03. The smallest absolute Gasteiger partial charge is 0.335 e. The number of carbonyl (C=O) groups excluding carboxylic acids is 1. The molecule has 1 amide bonds.